The van der Waals surface area contributed by atoms with Gasteiger partial charge in [0.05, 0.1) is 7.11 Å². The molecule has 0 heterocycles. The molecular formula is C14H22N2O2. The lowest BCUT2D eigenvalue weighted by atomic mass is 10.0. The Labute approximate surface area is 109 Å². The van der Waals surface area contributed by atoms with Crippen molar-refractivity contribution >= 4 is 5.91 Å². The van der Waals surface area contributed by atoms with Gasteiger partial charge in [0.25, 0.3) is 0 Å². The SMILES string of the molecule is COc1cc(C(C)C)ccc1CNC(=O)CCN. The molecule has 0 unspecified atom stereocenters. The highest BCUT2D eigenvalue weighted by Gasteiger charge is 2.08. The highest BCUT2D eigenvalue weighted by molar-refractivity contribution is 5.76. The fourth-order valence-electron chi connectivity index (χ4n) is 1.68. The summed E-state index contributed by atoms with van der Waals surface area (Å²) in [7, 11) is 1.64. The molecule has 0 saturated heterocycles. The molecule has 1 amide bonds. The molecule has 0 spiro atoms. The van der Waals surface area contributed by atoms with Gasteiger partial charge in [-0.05, 0) is 17.5 Å². The van der Waals surface area contributed by atoms with E-state index >= 15 is 0 Å². The zero-order valence-corrected chi connectivity index (χ0v) is 11.3. The van der Waals surface area contributed by atoms with Crippen LogP contribution >= 0.6 is 0 Å². The van der Waals surface area contributed by atoms with Gasteiger partial charge in [0.1, 0.15) is 5.75 Å². The van der Waals surface area contributed by atoms with Crippen molar-refractivity contribution in [2.45, 2.75) is 32.7 Å². The smallest absolute Gasteiger partial charge is 0.221 e. The Balaban J connectivity index is 2.73. The van der Waals surface area contributed by atoms with Gasteiger partial charge in [0, 0.05) is 25.1 Å². The zero-order chi connectivity index (χ0) is 13.5. The molecule has 1 rings (SSSR count). The average molecular weight is 250 g/mol. The van der Waals surface area contributed by atoms with Crippen LogP contribution in [0.15, 0.2) is 18.2 Å². The van der Waals surface area contributed by atoms with Gasteiger partial charge < -0.3 is 15.8 Å². The first-order valence-corrected chi connectivity index (χ1v) is 6.22. The highest BCUT2D eigenvalue weighted by atomic mass is 16.5. The average Bonchev–Trinajstić information content (AvgIpc) is 2.36. The third kappa shape index (κ3) is 4.04. The Bertz CT molecular complexity index is 403. The Hall–Kier alpha value is -1.55. The van der Waals surface area contributed by atoms with E-state index in [1.165, 1.54) is 5.56 Å². The van der Waals surface area contributed by atoms with Crippen LogP contribution in [0.2, 0.25) is 0 Å². The van der Waals surface area contributed by atoms with Crippen LogP contribution in [0.3, 0.4) is 0 Å². The lowest BCUT2D eigenvalue weighted by Crippen LogP contribution is -2.25. The maximum Gasteiger partial charge on any atom is 0.221 e. The minimum absolute atomic E-state index is 0.0347. The van der Waals surface area contributed by atoms with E-state index in [1.807, 2.05) is 12.1 Å². The fraction of sp³-hybridized carbons (Fsp3) is 0.500. The first-order chi connectivity index (χ1) is 8.58. The summed E-state index contributed by atoms with van der Waals surface area (Å²) in [6.07, 6.45) is 0.354. The van der Waals surface area contributed by atoms with E-state index in [9.17, 15) is 4.79 Å². The van der Waals surface area contributed by atoms with Crippen molar-refractivity contribution in [2.24, 2.45) is 5.73 Å². The molecule has 18 heavy (non-hydrogen) atoms. The van der Waals surface area contributed by atoms with Crippen LogP contribution in [-0.4, -0.2) is 19.6 Å². The molecule has 0 aromatic heterocycles. The Morgan fingerprint density at radius 2 is 2.17 bits per heavy atom. The molecular weight excluding hydrogens is 228 g/mol. The van der Waals surface area contributed by atoms with Crippen LogP contribution in [0.4, 0.5) is 0 Å². The van der Waals surface area contributed by atoms with E-state index < -0.39 is 0 Å². The van der Waals surface area contributed by atoms with E-state index in [1.54, 1.807) is 7.11 Å². The number of nitrogens with two attached hydrogens (primary N) is 1. The molecule has 0 aliphatic carbocycles. The molecule has 0 aliphatic heterocycles. The lowest BCUT2D eigenvalue weighted by Gasteiger charge is -2.13. The summed E-state index contributed by atoms with van der Waals surface area (Å²) in [4.78, 5) is 11.4. The number of benzene rings is 1. The third-order valence-corrected chi connectivity index (χ3v) is 2.83. The lowest BCUT2D eigenvalue weighted by molar-refractivity contribution is -0.121. The molecule has 3 N–H and O–H groups in total. The van der Waals surface area contributed by atoms with Gasteiger partial charge in [0.15, 0.2) is 0 Å². The van der Waals surface area contributed by atoms with Crippen LogP contribution in [0, 0.1) is 0 Å². The summed E-state index contributed by atoms with van der Waals surface area (Å²) >= 11 is 0. The van der Waals surface area contributed by atoms with Crippen LogP contribution in [0.5, 0.6) is 5.75 Å². The van der Waals surface area contributed by atoms with Crippen molar-refractivity contribution in [3.8, 4) is 5.75 Å². The number of hydrogen-bond acceptors (Lipinski definition) is 3. The van der Waals surface area contributed by atoms with Crippen molar-refractivity contribution in [1.82, 2.24) is 5.32 Å². The van der Waals surface area contributed by atoms with Crippen LogP contribution < -0.4 is 15.8 Å². The molecule has 0 radical (unpaired) electrons. The molecule has 0 bridgehead atoms. The minimum atomic E-state index is -0.0347. The van der Waals surface area contributed by atoms with Gasteiger partial charge in [-0.1, -0.05) is 26.0 Å². The van der Waals surface area contributed by atoms with Crippen molar-refractivity contribution in [2.75, 3.05) is 13.7 Å². The Morgan fingerprint density at radius 3 is 2.72 bits per heavy atom. The second-order valence-electron chi connectivity index (χ2n) is 4.54. The van der Waals surface area contributed by atoms with Crippen LogP contribution in [-0.2, 0) is 11.3 Å². The van der Waals surface area contributed by atoms with Crippen molar-refractivity contribution in [3.63, 3.8) is 0 Å². The second kappa shape index (κ2) is 7.01. The minimum Gasteiger partial charge on any atom is -0.496 e. The number of rotatable bonds is 6. The van der Waals surface area contributed by atoms with Crippen LogP contribution in [0.25, 0.3) is 0 Å². The first kappa shape index (κ1) is 14.5. The number of nitrogens with one attached hydrogen (secondary N) is 1. The van der Waals surface area contributed by atoms with Crippen molar-refractivity contribution in [1.29, 1.82) is 0 Å². The third-order valence-electron chi connectivity index (χ3n) is 2.83. The Kier molecular flexibility index (Phi) is 5.65. The summed E-state index contributed by atoms with van der Waals surface area (Å²) < 4.78 is 5.35. The number of carbonyl (C=O) groups is 1. The predicted octanol–water partition coefficient (Wildman–Crippen LogP) is 1.78. The van der Waals surface area contributed by atoms with E-state index in [-0.39, 0.29) is 5.91 Å². The number of hydrogen-bond donors (Lipinski definition) is 2. The van der Waals surface area contributed by atoms with Crippen molar-refractivity contribution in [3.05, 3.63) is 29.3 Å². The van der Waals surface area contributed by atoms with Gasteiger partial charge >= 0.3 is 0 Å². The zero-order valence-electron chi connectivity index (χ0n) is 11.3. The topological polar surface area (TPSA) is 64.3 Å². The van der Waals surface area contributed by atoms with Crippen molar-refractivity contribution < 1.29 is 9.53 Å². The highest BCUT2D eigenvalue weighted by Crippen LogP contribution is 2.24. The van der Waals surface area contributed by atoms with E-state index in [4.69, 9.17) is 10.5 Å². The molecule has 0 aliphatic rings. The summed E-state index contributed by atoms with van der Waals surface area (Å²) in [6.45, 7) is 5.12. The number of ether oxygens (including phenoxy) is 1. The molecule has 0 fully saturated rings. The normalized spacial score (nSPS) is 10.5. The summed E-state index contributed by atoms with van der Waals surface area (Å²) in [6, 6.07) is 6.09. The quantitative estimate of drug-likeness (QED) is 0.809. The monoisotopic (exact) mass is 250 g/mol. The standard InChI is InChI=1S/C14H22N2O2/c1-10(2)11-4-5-12(13(8-11)18-3)9-16-14(17)6-7-15/h4-5,8,10H,6-7,9,15H2,1-3H3,(H,16,17). The molecule has 0 atom stereocenters. The van der Waals surface area contributed by atoms with E-state index in [2.05, 4.69) is 25.2 Å². The van der Waals surface area contributed by atoms with Gasteiger partial charge in [-0.3, -0.25) is 4.79 Å². The van der Waals surface area contributed by atoms with Gasteiger partial charge in [-0.15, -0.1) is 0 Å². The largest absolute Gasteiger partial charge is 0.496 e. The van der Waals surface area contributed by atoms with Gasteiger partial charge in [0.2, 0.25) is 5.91 Å². The summed E-state index contributed by atoms with van der Waals surface area (Å²) in [5.41, 5.74) is 7.53. The molecule has 4 heteroatoms. The molecule has 4 nitrogen and oxygen atoms in total. The van der Waals surface area contributed by atoms with Gasteiger partial charge in [-0.2, -0.15) is 0 Å². The molecule has 0 saturated carbocycles. The summed E-state index contributed by atoms with van der Waals surface area (Å²) in [5.74, 6) is 1.24. The number of carbonyl (C=O) groups excluding carboxylic acids is 1. The number of methoxy groups -OCH3 is 1. The van der Waals surface area contributed by atoms with Crippen LogP contribution in [0.1, 0.15) is 37.3 Å². The molecule has 1 aromatic carbocycles. The first-order valence-electron chi connectivity index (χ1n) is 6.22. The maximum atomic E-state index is 11.4. The van der Waals surface area contributed by atoms with Gasteiger partial charge in [-0.25, -0.2) is 0 Å². The predicted molar refractivity (Wildman–Crippen MR) is 72.6 cm³/mol. The summed E-state index contributed by atoms with van der Waals surface area (Å²) in [5, 5.41) is 2.82. The fourth-order valence-corrected chi connectivity index (χ4v) is 1.68. The Morgan fingerprint density at radius 1 is 1.44 bits per heavy atom. The second-order valence-corrected chi connectivity index (χ2v) is 4.54. The molecule has 100 valence electrons. The maximum absolute atomic E-state index is 11.4. The molecule has 1 aromatic rings. The van der Waals surface area contributed by atoms with E-state index in [0.717, 1.165) is 11.3 Å². The number of amides is 1. The van der Waals surface area contributed by atoms with E-state index in [0.29, 0.717) is 25.4 Å².